The average molecular weight is 301 g/mol. The van der Waals surface area contributed by atoms with Gasteiger partial charge in [0, 0.05) is 11.6 Å². The van der Waals surface area contributed by atoms with Gasteiger partial charge in [-0.3, -0.25) is 4.79 Å². The zero-order chi connectivity index (χ0) is 15.0. The van der Waals surface area contributed by atoms with E-state index in [1.165, 1.54) is 12.1 Å². The zero-order valence-corrected chi connectivity index (χ0v) is 11.4. The third kappa shape index (κ3) is 2.30. The minimum absolute atomic E-state index is 0.0621. The van der Waals surface area contributed by atoms with Gasteiger partial charge in [-0.05, 0) is 18.2 Å². The van der Waals surface area contributed by atoms with E-state index in [1.54, 1.807) is 36.4 Å². The first-order valence-corrected chi connectivity index (χ1v) is 6.51. The van der Waals surface area contributed by atoms with Crippen molar-refractivity contribution in [3.63, 3.8) is 0 Å². The standard InChI is InChI=1S/C16H9ClO4/c17-12-7-3-6-11-13(18)8-14(21-15(11)12)9-4-1-2-5-10(9)16(19)20/h1-8H,(H,19,20). The molecular formula is C16H9ClO4. The second-order valence-electron chi connectivity index (χ2n) is 4.44. The lowest BCUT2D eigenvalue weighted by Crippen LogP contribution is -2.03. The van der Waals surface area contributed by atoms with Crippen molar-refractivity contribution in [1.82, 2.24) is 0 Å². The molecule has 0 aliphatic heterocycles. The van der Waals surface area contributed by atoms with Gasteiger partial charge in [-0.25, -0.2) is 4.79 Å². The third-order valence-electron chi connectivity index (χ3n) is 3.13. The second kappa shape index (κ2) is 5.07. The number of carboxylic acid groups (broad SMARTS) is 1. The number of rotatable bonds is 2. The molecule has 1 N–H and O–H groups in total. The van der Waals surface area contributed by atoms with Gasteiger partial charge in [0.25, 0.3) is 0 Å². The predicted molar refractivity (Wildman–Crippen MR) is 79.9 cm³/mol. The summed E-state index contributed by atoms with van der Waals surface area (Å²) in [7, 11) is 0. The summed E-state index contributed by atoms with van der Waals surface area (Å²) in [5, 5.41) is 9.88. The highest BCUT2D eigenvalue weighted by molar-refractivity contribution is 6.34. The Morgan fingerprint density at radius 1 is 1.10 bits per heavy atom. The Morgan fingerprint density at radius 2 is 1.86 bits per heavy atom. The molecule has 0 saturated carbocycles. The van der Waals surface area contributed by atoms with Crippen LogP contribution in [0, 0.1) is 0 Å². The summed E-state index contributed by atoms with van der Waals surface area (Å²) in [5.74, 6) is -0.911. The molecule has 3 aromatic rings. The molecule has 0 saturated heterocycles. The number of benzene rings is 2. The van der Waals surface area contributed by atoms with Gasteiger partial charge in [0.05, 0.1) is 16.0 Å². The lowest BCUT2D eigenvalue weighted by molar-refractivity contribution is 0.0697. The van der Waals surface area contributed by atoms with E-state index in [9.17, 15) is 14.7 Å². The summed E-state index contributed by atoms with van der Waals surface area (Å²) >= 11 is 6.04. The zero-order valence-electron chi connectivity index (χ0n) is 10.7. The summed E-state index contributed by atoms with van der Waals surface area (Å²) in [6, 6.07) is 12.5. The van der Waals surface area contributed by atoms with Gasteiger partial charge < -0.3 is 9.52 Å². The molecule has 0 bridgehead atoms. The highest BCUT2D eigenvalue weighted by Gasteiger charge is 2.15. The summed E-state index contributed by atoms with van der Waals surface area (Å²) in [5.41, 5.74) is 0.381. The van der Waals surface area contributed by atoms with Crippen LogP contribution in [0.3, 0.4) is 0 Å². The molecule has 0 aliphatic rings. The first-order valence-electron chi connectivity index (χ1n) is 6.13. The van der Waals surface area contributed by atoms with Crippen molar-refractivity contribution in [1.29, 1.82) is 0 Å². The summed E-state index contributed by atoms with van der Waals surface area (Å²) < 4.78 is 5.65. The normalized spacial score (nSPS) is 10.7. The van der Waals surface area contributed by atoms with E-state index >= 15 is 0 Å². The molecule has 0 spiro atoms. The molecule has 21 heavy (non-hydrogen) atoms. The van der Waals surface area contributed by atoms with E-state index in [2.05, 4.69) is 0 Å². The fourth-order valence-electron chi connectivity index (χ4n) is 2.16. The molecule has 0 radical (unpaired) electrons. The number of carboxylic acids is 1. The van der Waals surface area contributed by atoms with Crippen LogP contribution in [0.25, 0.3) is 22.3 Å². The number of para-hydroxylation sites is 1. The van der Waals surface area contributed by atoms with Crippen molar-refractivity contribution >= 4 is 28.5 Å². The number of carbonyl (C=O) groups is 1. The number of halogens is 1. The fourth-order valence-corrected chi connectivity index (χ4v) is 2.37. The van der Waals surface area contributed by atoms with Gasteiger partial charge >= 0.3 is 5.97 Å². The summed E-state index contributed by atoms with van der Waals surface area (Å²) in [4.78, 5) is 23.4. The SMILES string of the molecule is O=C(O)c1ccccc1-c1cc(=O)c2cccc(Cl)c2o1. The van der Waals surface area contributed by atoms with Crippen LogP contribution in [0.15, 0.2) is 57.7 Å². The van der Waals surface area contributed by atoms with E-state index in [1.807, 2.05) is 0 Å². The van der Waals surface area contributed by atoms with Crippen molar-refractivity contribution in [2.45, 2.75) is 0 Å². The molecule has 1 heterocycles. The van der Waals surface area contributed by atoms with Crippen LogP contribution in [-0.4, -0.2) is 11.1 Å². The molecule has 0 aliphatic carbocycles. The molecule has 3 rings (SSSR count). The van der Waals surface area contributed by atoms with Gasteiger partial charge in [-0.2, -0.15) is 0 Å². The molecule has 5 heteroatoms. The quantitative estimate of drug-likeness (QED) is 0.781. The minimum Gasteiger partial charge on any atom is -0.478 e. The van der Waals surface area contributed by atoms with E-state index < -0.39 is 5.97 Å². The highest BCUT2D eigenvalue weighted by Crippen LogP contribution is 2.28. The van der Waals surface area contributed by atoms with Crippen LogP contribution >= 0.6 is 11.6 Å². The van der Waals surface area contributed by atoms with E-state index in [0.29, 0.717) is 16.0 Å². The van der Waals surface area contributed by atoms with Gasteiger partial charge in [0.15, 0.2) is 11.0 Å². The van der Waals surface area contributed by atoms with Crippen LogP contribution in [0.4, 0.5) is 0 Å². The predicted octanol–water partition coefficient (Wildman–Crippen LogP) is 3.81. The van der Waals surface area contributed by atoms with Crippen molar-refractivity contribution < 1.29 is 14.3 Å². The van der Waals surface area contributed by atoms with Crippen LogP contribution in [-0.2, 0) is 0 Å². The monoisotopic (exact) mass is 300 g/mol. The number of fused-ring (bicyclic) bond motifs is 1. The Hall–Kier alpha value is -2.59. The van der Waals surface area contributed by atoms with Crippen LogP contribution in [0.5, 0.6) is 0 Å². The lowest BCUT2D eigenvalue weighted by Gasteiger charge is -2.07. The molecule has 1 aromatic heterocycles. The topological polar surface area (TPSA) is 67.5 Å². The van der Waals surface area contributed by atoms with E-state index in [0.717, 1.165) is 0 Å². The summed E-state index contributed by atoms with van der Waals surface area (Å²) in [6.07, 6.45) is 0. The minimum atomic E-state index is -1.09. The average Bonchev–Trinajstić information content (AvgIpc) is 2.48. The number of aromatic carboxylic acids is 1. The van der Waals surface area contributed by atoms with Crippen molar-refractivity contribution in [2.75, 3.05) is 0 Å². The maximum Gasteiger partial charge on any atom is 0.336 e. The smallest absolute Gasteiger partial charge is 0.336 e. The fraction of sp³-hybridized carbons (Fsp3) is 0. The molecular weight excluding hydrogens is 292 g/mol. The number of hydrogen-bond acceptors (Lipinski definition) is 3. The van der Waals surface area contributed by atoms with Gasteiger partial charge in [-0.1, -0.05) is 35.9 Å². The molecule has 0 unspecified atom stereocenters. The maximum atomic E-state index is 12.1. The largest absolute Gasteiger partial charge is 0.478 e. The van der Waals surface area contributed by atoms with Crippen molar-refractivity contribution in [2.24, 2.45) is 0 Å². The Kier molecular flexibility index (Phi) is 3.23. The van der Waals surface area contributed by atoms with Crippen molar-refractivity contribution in [3.8, 4) is 11.3 Å². The van der Waals surface area contributed by atoms with Crippen molar-refractivity contribution in [3.05, 3.63) is 69.3 Å². The van der Waals surface area contributed by atoms with E-state index in [-0.39, 0.29) is 22.3 Å². The van der Waals surface area contributed by atoms with Crippen LogP contribution in [0.1, 0.15) is 10.4 Å². The molecule has 2 aromatic carbocycles. The third-order valence-corrected chi connectivity index (χ3v) is 3.43. The molecule has 104 valence electrons. The van der Waals surface area contributed by atoms with E-state index in [4.69, 9.17) is 16.0 Å². The molecule has 0 atom stereocenters. The van der Waals surface area contributed by atoms with Gasteiger partial charge in [0.1, 0.15) is 5.76 Å². The first kappa shape index (κ1) is 13.4. The number of hydrogen-bond donors (Lipinski definition) is 1. The Balaban J connectivity index is 2.35. The van der Waals surface area contributed by atoms with Crippen LogP contribution < -0.4 is 5.43 Å². The Bertz CT molecular complexity index is 912. The highest BCUT2D eigenvalue weighted by atomic mass is 35.5. The molecule has 0 amide bonds. The Labute approximate surface area is 124 Å². The van der Waals surface area contributed by atoms with Gasteiger partial charge in [0.2, 0.25) is 0 Å². The van der Waals surface area contributed by atoms with Crippen LogP contribution in [0.2, 0.25) is 5.02 Å². The molecule has 0 fully saturated rings. The maximum absolute atomic E-state index is 12.1. The Morgan fingerprint density at radius 3 is 2.62 bits per heavy atom. The second-order valence-corrected chi connectivity index (χ2v) is 4.85. The molecule has 4 nitrogen and oxygen atoms in total. The summed E-state index contributed by atoms with van der Waals surface area (Å²) in [6.45, 7) is 0. The van der Waals surface area contributed by atoms with Gasteiger partial charge in [-0.15, -0.1) is 0 Å². The first-order chi connectivity index (χ1) is 10.1. The lowest BCUT2D eigenvalue weighted by atomic mass is 10.0.